The Morgan fingerprint density at radius 1 is 1.21 bits per heavy atom. The van der Waals surface area contributed by atoms with Crippen LogP contribution in [0, 0.1) is 18.3 Å². The third-order valence-electron chi connectivity index (χ3n) is 2.85. The molecule has 2 heterocycles. The van der Waals surface area contributed by atoms with Crippen molar-refractivity contribution in [1.29, 1.82) is 5.26 Å². The number of hydrogen-bond donors (Lipinski definition) is 0. The summed E-state index contributed by atoms with van der Waals surface area (Å²) in [5.74, 6) is 0. The lowest BCUT2D eigenvalue weighted by atomic mass is 10.1. The van der Waals surface area contributed by atoms with Gasteiger partial charge in [0.1, 0.15) is 17.3 Å². The van der Waals surface area contributed by atoms with Crippen molar-refractivity contribution in [3.63, 3.8) is 0 Å². The largest absolute Gasteiger partial charge is 0.233 e. The molecule has 0 saturated carbocycles. The Morgan fingerprint density at radius 3 is 2.63 bits per heavy atom. The first-order valence-electron chi connectivity index (χ1n) is 5.71. The summed E-state index contributed by atoms with van der Waals surface area (Å²) in [7, 11) is 0. The number of nitriles is 1. The molecular formula is C14H9ClN4. The van der Waals surface area contributed by atoms with E-state index in [-0.39, 0.29) is 0 Å². The molecule has 5 heteroatoms. The minimum absolute atomic E-state index is 0.478. The maximum Gasteiger partial charge on any atom is 0.173 e. The van der Waals surface area contributed by atoms with E-state index in [9.17, 15) is 5.26 Å². The van der Waals surface area contributed by atoms with Crippen molar-refractivity contribution >= 4 is 17.2 Å². The summed E-state index contributed by atoms with van der Waals surface area (Å²) in [6, 6.07) is 11.3. The average molecular weight is 269 g/mol. The standard InChI is InChI=1S/C14H9ClN4/c1-9-6-7-19-14(17-9)12(8-16)13(18-19)10-2-4-11(15)5-3-10/h2-7H,1H3. The van der Waals surface area contributed by atoms with Gasteiger partial charge in [0.05, 0.1) is 0 Å². The Kier molecular flexibility index (Phi) is 2.69. The maximum atomic E-state index is 9.34. The van der Waals surface area contributed by atoms with Gasteiger partial charge in [-0.3, -0.25) is 0 Å². The van der Waals surface area contributed by atoms with Gasteiger partial charge in [-0.15, -0.1) is 0 Å². The van der Waals surface area contributed by atoms with Crippen LogP contribution in [0.1, 0.15) is 11.3 Å². The molecule has 19 heavy (non-hydrogen) atoms. The molecule has 92 valence electrons. The summed E-state index contributed by atoms with van der Waals surface area (Å²) in [6.45, 7) is 1.89. The molecule has 4 nitrogen and oxygen atoms in total. The molecule has 0 atom stereocenters. The van der Waals surface area contributed by atoms with Crippen LogP contribution in [0.4, 0.5) is 0 Å². The van der Waals surface area contributed by atoms with Gasteiger partial charge in [0.25, 0.3) is 0 Å². The quantitative estimate of drug-likeness (QED) is 0.681. The Labute approximate surface area is 114 Å². The van der Waals surface area contributed by atoms with Gasteiger partial charge in [-0.05, 0) is 25.1 Å². The fourth-order valence-corrected chi connectivity index (χ4v) is 2.06. The molecule has 0 spiro atoms. The molecule has 0 radical (unpaired) electrons. The molecule has 0 aliphatic heterocycles. The van der Waals surface area contributed by atoms with E-state index in [4.69, 9.17) is 11.6 Å². The van der Waals surface area contributed by atoms with Gasteiger partial charge in [0.15, 0.2) is 5.65 Å². The predicted molar refractivity (Wildman–Crippen MR) is 72.9 cm³/mol. The van der Waals surface area contributed by atoms with Crippen molar-refractivity contribution in [3.8, 4) is 17.3 Å². The highest BCUT2D eigenvalue weighted by atomic mass is 35.5. The predicted octanol–water partition coefficient (Wildman–Crippen LogP) is 3.23. The van der Waals surface area contributed by atoms with Gasteiger partial charge in [-0.2, -0.15) is 10.4 Å². The molecule has 3 rings (SSSR count). The Balaban J connectivity index is 2.29. The first-order valence-corrected chi connectivity index (χ1v) is 6.09. The molecular weight excluding hydrogens is 260 g/mol. The highest BCUT2D eigenvalue weighted by Gasteiger charge is 2.15. The van der Waals surface area contributed by atoms with Gasteiger partial charge in [0.2, 0.25) is 0 Å². The molecule has 0 unspecified atom stereocenters. The maximum absolute atomic E-state index is 9.34. The zero-order valence-corrected chi connectivity index (χ0v) is 10.9. The van der Waals surface area contributed by atoms with E-state index in [0.717, 1.165) is 11.3 Å². The number of aryl methyl sites for hydroxylation is 1. The zero-order chi connectivity index (χ0) is 13.4. The number of fused-ring (bicyclic) bond motifs is 1. The minimum atomic E-state index is 0.478. The molecule has 0 aliphatic carbocycles. The van der Waals surface area contributed by atoms with E-state index >= 15 is 0 Å². The minimum Gasteiger partial charge on any atom is -0.233 e. The number of rotatable bonds is 1. The van der Waals surface area contributed by atoms with Gasteiger partial charge >= 0.3 is 0 Å². The summed E-state index contributed by atoms with van der Waals surface area (Å²) in [4.78, 5) is 4.36. The Hall–Kier alpha value is -2.38. The molecule has 3 aromatic rings. The number of aromatic nitrogens is 3. The SMILES string of the molecule is Cc1ccn2nc(-c3ccc(Cl)cc3)c(C#N)c2n1. The Morgan fingerprint density at radius 2 is 1.95 bits per heavy atom. The first kappa shape index (κ1) is 11.7. The van der Waals surface area contributed by atoms with Crippen LogP contribution < -0.4 is 0 Å². The second-order valence-electron chi connectivity index (χ2n) is 4.18. The number of nitrogens with zero attached hydrogens (tertiary/aromatic N) is 4. The lowest BCUT2D eigenvalue weighted by Gasteiger charge is -1.96. The van der Waals surface area contributed by atoms with Crippen LogP contribution in [0.2, 0.25) is 5.02 Å². The van der Waals surface area contributed by atoms with Crippen molar-refractivity contribution < 1.29 is 0 Å². The van der Waals surface area contributed by atoms with Crippen molar-refractivity contribution in [1.82, 2.24) is 14.6 Å². The lowest BCUT2D eigenvalue weighted by molar-refractivity contribution is 0.933. The van der Waals surface area contributed by atoms with Crippen LogP contribution in [-0.4, -0.2) is 14.6 Å². The fraction of sp³-hybridized carbons (Fsp3) is 0.0714. The Bertz CT molecular complexity index is 797. The summed E-state index contributed by atoms with van der Waals surface area (Å²) in [5.41, 5.74) is 3.38. The van der Waals surface area contributed by atoms with Crippen LogP contribution in [0.25, 0.3) is 16.9 Å². The molecule has 0 amide bonds. The van der Waals surface area contributed by atoms with Crippen molar-refractivity contribution in [2.24, 2.45) is 0 Å². The second kappa shape index (κ2) is 4.38. The van der Waals surface area contributed by atoms with Crippen molar-refractivity contribution in [3.05, 3.63) is 52.8 Å². The number of benzene rings is 1. The molecule has 0 saturated heterocycles. The van der Waals surface area contributed by atoms with E-state index in [1.807, 2.05) is 25.1 Å². The molecule has 0 bridgehead atoms. The monoisotopic (exact) mass is 268 g/mol. The third-order valence-corrected chi connectivity index (χ3v) is 3.11. The smallest absolute Gasteiger partial charge is 0.173 e. The summed E-state index contributed by atoms with van der Waals surface area (Å²) in [5, 5.41) is 14.4. The van der Waals surface area contributed by atoms with Crippen LogP contribution in [0.5, 0.6) is 0 Å². The van der Waals surface area contributed by atoms with Gasteiger partial charge in [0, 0.05) is 22.5 Å². The van der Waals surface area contributed by atoms with Crippen LogP contribution in [0.15, 0.2) is 36.5 Å². The molecule has 0 N–H and O–H groups in total. The topological polar surface area (TPSA) is 54.0 Å². The van der Waals surface area contributed by atoms with E-state index in [2.05, 4.69) is 16.2 Å². The van der Waals surface area contributed by atoms with Crippen LogP contribution >= 0.6 is 11.6 Å². The summed E-state index contributed by atoms with van der Waals surface area (Å²) in [6.07, 6.45) is 1.80. The lowest BCUT2D eigenvalue weighted by Crippen LogP contribution is -1.91. The van der Waals surface area contributed by atoms with Crippen LogP contribution in [-0.2, 0) is 0 Å². The molecule has 2 aromatic heterocycles. The molecule has 0 fully saturated rings. The highest BCUT2D eigenvalue weighted by molar-refractivity contribution is 6.30. The molecule has 0 aliphatic rings. The summed E-state index contributed by atoms with van der Waals surface area (Å²) >= 11 is 5.87. The van der Waals surface area contributed by atoms with Gasteiger partial charge < -0.3 is 0 Å². The zero-order valence-electron chi connectivity index (χ0n) is 10.1. The first-order chi connectivity index (χ1) is 9.19. The van der Waals surface area contributed by atoms with E-state index < -0.39 is 0 Å². The van der Waals surface area contributed by atoms with Gasteiger partial charge in [-0.1, -0.05) is 23.7 Å². The normalized spacial score (nSPS) is 10.6. The average Bonchev–Trinajstić information content (AvgIpc) is 2.77. The number of halogens is 1. The van der Waals surface area contributed by atoms with E-state index in [1.54, 1.807) is 22.8 Å². The molecule has 1 aromatic carbocycles. The van der Waals surface area contributed by atoms with Crippen molar-refractivity contribution in [2.45, 2.75) is 6.92 Å². The van der Waals surface area contributed by atoms with Crippen molar-refractivity contribution in [2.75, 3.05) is 0 Å². The number of hydrogen-bond acceptors (Lipinski definition) is 3. The van der Waals surface area contributed by atoms with E-state index in [0.29, 0.717) is 21.9 Å². The highest BCUT2D eigenvalue weighted by Crippen LogP contribution is 2.25. The van der Waals surface area contributed by atoms with Gasteiger partial charge in [-0.25, -0.2) is 9.50 Å². The third kappa shape index (κ3) is 1.94. The fourth-order valence-electron chi connectivity index (χ4n) is 1.93. The van der Waals surface area contributed by atoms with Crippen LogP contribution in [0.3, 0.4) is 0 Å². The second-order valence-corrected chi connectivity index (χ2v) is 4.62. The van der Waals surface area contributed by atoms with E-state index in [1.165, 1.54) is 0 Å². The summed E-state index contributed by atoms with van der Waals surface area (Å²) < 4.78 is 1.62.